The molecule has 0 amide bonds. The van der Waals surface area contributed by atoms with Gasteiger partial charge in [0.25, 0.3) is 6.01 Å². The Morgan fingerprint density at radius 1 is 1.80 bits per heavy atom. The van der Waals surface area contributed by atoms with E-state index in [0.29, 0.717) is 5.75 Å². The summed E-state index contributed by atoms with van der Waals surface area (Å²) < 4.78 is 15.8. The summed E-state index contributed by atoms with van der Waals surface area (Å²) in [4.78, 5) is 14.2. The zero-order valence-electron chi connectivity index (χ0n) is 8.39. The number of nitrogens with zero attached hydrogens (tertiary/aromatic N) is 1. The van der Waals surface area contributed by atoms with Crippen molar-refractivity contribution in [1.29, 1.82) is 0 Å². The molecular formula is C8H12N2O4S. The number of anilines is 1. The summed E-state index contributed by atoms with van der Waals surface area (Å²) in [6.45, 7) is 1.81. The van der Waals surface area contributed by atoms with Gasteiger partial charge in [-0.25, -0.2) is 4.79 Å². The Morgan fingerprint density at radius 2 is 2.47 bits per heavy atom. The molecule has 2 N–H and O–H groups in total. The van der Waals surface area contributed by atoms with Crippen LogP contribution in [0.4, 0.5) is 6.01 Å². The Balaban J connectivity index is 2.57. The van der Waals surface area contributed by atoms with Crippen molar-refractivity contribution in [1.82, 2.24) is 4.98 Å². The smallest absolute Gasteiger partial charge is 0.357 e. The minimum atomic E-state index is -1.14. The van der Waals surface area contributed by atoms with Gasteiger partial charge in [-0.3, -0.25) is 4.21 Å². The molecule has 0 bridgehead atoms. The molecule has 1 rings (SSSR count). The van der Waals surface area contributed by atoms with Crippen LogP contribution in [0.1, 0.15) is 17.4 Å². The van der Waals surface area contributed by atoms with Gasteiger partial charge in [0.15, 0.2) is 5.69 Å². The lowest BCUT2D eigenvalue weighted by molar-refractivity contribution is 0.0690. The summed E-state index contributed by atoms with van der Waals surface area (Å²) in [6, 6.07) is 0.0430. The predicted octanol–water partition coefficient (Wildman–Crippen LogP) is 0.552. The summed E-state index contributed by atoms with van der Waals surface area (Å²) >= 11 is 0. The molecule has 0 aromatic carbocycles. The highest BCUT2D eigenvalue weighted by atomic mass is 32.2. The van der Waals surface area contributed by atoms with E-state index in [4.69, 9.17) is 9.52 Å². The summed E-state index contributed by atoms with van der Waals surface area (Å²) in [7, 11) is -0.920. The number of nitrogens with one attached hydrogen (secondary N) is 1. The number of carbonyl (C=O) groups is 1. The van der Waals surface area contributed by atoms with E-state index in [2.05, 4.69) is 10.3 Å². The van der Waals surface area contributed by atoms with Crippen molar-refractivity contribution in [2.75, 3.05) is 17.3 Å². The Hall–Kier alpha value is -1.37. The number of rotatable bonds is 5. The highest BCUT2D eigenvalue weighted by Crippen LogP contribution is 2.08. The Bertz CT molecular complexity index is 376. The topological polar surface area (TPSA) is 92.4 Å². The number of hydrogen-bond acceptors (Lipinski definition) is 5. The normalized spacial score (nSPS) is 14.5. The fraction of sp³-hybridized carbons (Fsp3) is 0.500. The van der Waals surface area contributed by atoms with Crippen molar-refractivity contribution in [3.05, 3.63) is 12.0 Å². The number of carboxylic acids is 1. The average Bonchev–Trinajstić information content (AvgIpc) is 2.50. The third-order valence-electron chi connectivity index (χ3n) is 1.58. The summed E-state index contributed by atoms with van der Waals surface area (Å²) in [5, 5.41) is 11.4. The van der Waals surface area contributed by atoms with Crippen molar-refractivity contribution in [3.63, 3.8) is 0 Å². The molecule has 1 heterocycles. The third kappa shape index (κ3) is 3.70. The van der Waals surface area contributed by atoms with Crippen molar-refractivity contribution >= 4 is 22.8 Å². The maximum Gasteiger partial charge on any atom is 0.357 e. The molecule has 15 heavy (non-hydrogen) atoms. The first-order valence-electron chi connectivity index (χ1n) is 4.24. The SMILES string of the molecule is CC(CS(C)=O)Nc1nc(C(=O)O)co1. The Labute approximate surface area is 89.1 Å². The average molecular weight is 232 g/mol. The molecule has 1 aromatic heterocycles. The number of hydrogen-bond donors (Lipinski definition) is 2. The number of aromatic nitrogens is 1. The van der Waals surface area contributed by atoms with Crippen LogP contribution in [0.15, 0.2) is 10.7 Å². The van der Waals surface area contributed by atoms with Crippen LogP contribution < -0.4 is 5.32 Å². The zero-order valence-corrected chi connectivity index (χ0v) is 9.21. The van der Waals surface area contributed by atoms with Gasteiger partial charge in [0.2, 0.25) is 0 Å². The minimum Gasteiger partial charge on any atom is -0.476 e. The van der Waals surface area contributed by atoms with Crippen molar-refractivity contribution in [2.24, 2.45) is 0 Å². The molecule has 2 atom stereocenters. The van der Waals surface area contributed by atoms with Gasteiger partial charge in [-0.05, 0) is 6.92 Å². The number of aromatic carboxylic acids is 1. The first-order chi connectivity index (χ1) is 6.99. The van der Waals surface area contributed by atoms with Crippen LogP contribution in [0.3, 0.4) is 0 Å². The molecule has 0 spiro atoms. The van der Waals surface area contributed by atoms with Crippen LogP contribution in [-0.2, 0) is 10.8 Å². The molecule has 2 unspecified atom stereocenters. The van der Waals surface area contributed by atoms with Crippen molar-refractivity contribution < 1.29 is 18.5 Å². The van der Waals surface area contributed by atoms with E-state index in [1.807, 2.05) is 6.92 Å². The Kier molecular flexibility index (Phi) is 3.84. The fourth-order valence-corrected chi connectivity index (χ4v) is 1.83. The van der Waals surface area contributed by atoms with E-state index < -0.39 is 16.8 Å². The molecule has 0 aliphatic carbocycles. The Morgan fingerprint density at radius 3 is 2.93 bits per heavy atom. The lowest BCUT2D eigenvalue weighted by Crippen LogP contribution is -2.22. The van der Waals surface area contributed by atoms with E-state index in [1.54, 1.807) is 6.26 Å². The van der Waals surface area contributed by atoms with Crippen molar-refractivity contribution in [2.45, 2.75) is 13.0 Å². The summed E-state index contributed by atoms with van der Waals surface area (Å²) in [5.74, 6) is -0.691. The molecule has 0 radical (unpaired) electrons. The summed E-state index contributed by atoms with van der Waals surface area (Å²) in [6.07, 6.45) is 2.65. The summed E-state index contributed by atoms with van der Waals surface area (Å²) in [5.41, 5.74) is -0.151. The number of carboxylic acid groups (broad SMARTS) is 1. The maximum atomic E-state index is 10.9. The second-order valence-electron chi connectivity index (χ2n) is 3.13. The van der Waals surface area contributed by atoms with Gasteiger partial charge >= 0.3 is 5.97 Å². The minimum absolute atomic E-state index is 0.0869. The van der Waals surface area contributed by atoms with E-state index in [0.717, 1.165) is 6.26 Å². The molecule has 6 nitrogen and oxygen atoms in total. The maximum absolute atomic E-state index is 10.9. The van der Waals surface area contributed by atoms with Gasteiger partial charge in [0, 0.05) is 28.9 Å². The molecular weight excluding hydrogens is 220 g/mol. The molecule has 1 aromatic rings. The lowest BCUT2D eigenvalue weighted by Gasteiger charge is -2.09. The lowest BCUT2D eigenvalue weighted by atomic mass is 10.4. The first-order valence-corrected chi connectivity index (χ1v) is 5.97. The zero-order chi connectivity index (χ0) is 11.4. The van der Waals surface area contributed by atoms with Crippen LogP contribution in [-0.4, -0.2) is 38.3 Å². The van der Waals surface area contributed by atoms with Gasteiger partial charge in [-0.15, -0.1) is 0 Å². The van der Waals surface area contributed by atoms with Crippen LogP contribution >= 0.6 is 0 Å². The molecule has 0 saturated carbocycles. The molecule has 0 aliphatic heterocycles. The van der Waals surface area contributed by atoms with E-state index in [-0.39, 0.29) is 17.8 Å². The van der Waals surface area contributed by atoms with Crippen LogP contribution in [0.2, 0.25) is 0 Å². The van der Waals surface area contributed by atoms with E-state index in [9.17, 15) is 9.00 Å². The predicted molar refractivity (Wildman–Crippen MR) is 55.5 cm³/mol. The van der Waals surface area contributed by atoms with Gasteiger partial charge in [0.05, 0.1) is 0 Å². The molecule has 7 heteroatoms. The first kappa shape index (κ1) is 11.7. The van der Waals surface area contributed by atoms with E-state index >= 15 is 0 Å². The second-order valence-corrected chi connectivity index (χ2v) is 4.61. The van der Waals surface area contributed by atoms with Crippen molar-refractivity contribution in [3.8, 4) is 0 Å². The standard InChI is InChI=1S/C8H12N2O4S/c1-5(4-15(2)13)9-8-10-6(3-14-8)7(11)12/h3,5H,4H2,1-2H3,(H,9,10)(H,11,12). The largest absolute Gasteiger partial charge is 0.476 e. The van der Waals surface area contributed by atoms with Gasteiger partial charge < -0.3 is 14.8 Å². The van der Waals surface area contributed by atoms with Crippen LogP contribution in [0.5, 0.6) is 0 Å². The molecule has 0 saturated heterocycles. The van der Waals surface area contributed by atoms with Gasteiger partial charge in [-0.2, -0.15) is 4.98 Å². The molecule has 84 valence electrons. The monoisotopic (exact) mass is 232 g/mol. The van der Waals surface area contributed by atoms with Crippen LogP contribution in [0, 0.1) is 0 Å². The van der Waals surface area contributed by atoms with E-state index in [1.165, 1.54) is 0 Å². The van der Waals surface area contributed by atoms with Crippen LogP contribution in [0.25, 0.3) is 0 Å². The highest BCUT2D eigenvalue weighted by molar-refractivity contribution is 7.84. The third-order valence-corrected chi connectivity index (χ3v) is 2.55. The van der Waals surface area contributed by atoms with Gasteiger partial charge in [-0.1, -0.05) is 0 Å². The highest BCUT2D eigenvalue weighted by Gasteiger charge is 2.12. The van der Waals surface area contributed by atoms with Gasteiger partial charge in [0.1, 0.15) is 6.26 Å². The number of oxazole rings is 1. The molecule has 0 fully saturated rings. The molecule has 0 aliphatic rings. The fourth-order valence-electron chi connectivity index (χ4n) is 1.04. The second kappa shape index (κ2) is 4.92. The quantitative estimate of drug-likeness (QED) is 0.770.